The van der Waals surface area contributed by atoms with E-state index in [0.717, 1.165) is 31.6 Å². The molecule has 6 rings (SSSR count). The van der Waals surface area contributed by atoms with Gasteiger partial charge in [-0.3, -0.25) is 4.90 Å². The monoisotopic (exact) mass is 445 g/mol. The van der Waals surface area contributed by atoms with Crippen molar-refractivity contribution in [2.24, 2.45) is 0 Å². The van der Waals surface area contributed by atoms with Crippen molar-refractivity contribution in [1.29, 1.82) is 0 Å². The topological polar surface area (TPSA) is 80.1 Å². The average Bonchev–Trinajstić information content (AvgIpc) is 3.33. The fourth-order valence-electron chi connectivity index (χ4n) is 5.30. The number of hydrogen-bond donors (Lipinski definition) is 2. The van der Waals surface area contributed by atoms with Gasteiger partial charge in [-0.25, -0.2) is 9.97 Å². The van der Waals surface area contributed by atoms with Crippen LogP contribution in [0.5, 0.6) is 0 Å². The third-order valence-electron chi connectivity index (χ3n) is 6.80. The number of anilines is 1. The first-order valence-electron chi connectivity index (χ1n) is 11.0. The molecular weight excluding hydrogens is 419 g/mol. The van der Waals surface area contributed by atoms with Gasteiger partial charge in [-0.05, 0) is 49.3 Å². The van der Waals surface area contributed by atoms with Crippen molar-refractivity contribution in [1.82, 2.24) is 19.9 Å². The van der Waals surface area contributed by atoms with Gasteiger partial charge in [-0.15, -0.1) is 0 Å². The number of nitrogens with one attached hydrogen (secondary N) is 1. The lowest BCUT2D eigenvalue weighted by atomic mass is 9.87. The SMILES string of the molecule is Nc1ncnc2[nH]c(C(F)(F)F)cc12.c1ccc2c(c1)CC[C@H](N1C3CCC1COC3)C2. The summed E-state index contributed by atoms with van der Waals surface area (Å²) in [6.07, 6.45) is 3.23. The van der Waals surface area contributed by atoms with Gasteiger partial charge in [0.15, 0.2) is 0 Å². The smallest absolute Gasteiger partial charge is 0.383 e. The predicted molar refractivity (Wildman–Crippen MR) is 115 cm³/mol. The summed E-state index contributed by atoms with van der Waals surface area (Å²) in [5, 5.41) is 0.180. The molecule has 6 nitrogen and oxygen atoms in total. The van der Waals surface area contributed by atoms with E-state index < -0.39 is 11.9 Å². The van der Waals surface area contributed by atoms with Crippen LogP contribution >= 0.6 is 0 Å². The number of morpholine rings is 1. The number of halogens is 3. The van der Waals surface area contributed by atoms with Crippen LogP contribution in [0.1, 0.15) is 36.1 Å². The van der Waals surface area contributed by atoms with Gasteiger partial charge in [-0.1, -0.05) is 24.3 Å². The number of fused-ring (bicyclic) bond motifs is 4. The highest BCUT2D eigenvalue weighted by molar-refractivity contribution is 5.86. The zero-order chi connectivity index (χ0) is 22.3. The van der Waals surface area contributed by atoms with Gasteiger partial charge < -0.3 is 15.5 Å². The highest BCUT2D eigenvalue weighted by atomic mass is 19.4. The van der Waals surface area contributed by atoms with Crippen molar-refractivity contribution in [3.63, 3.8) is 0 Å². The zero-order valence-electron chi connectivity index (χ0n) is 17.6. The van der Waals surface area contributed by atoms with Crippen LogP contribution < -0.4 is 5.73 Å². The number of nitrogen functional groups attached to an aromatic ring is 1. The van der Waals surface area contributed by atoms with E-state index in [1.54, 1.807) is 11.1 Å². The van der Waals surface area contributed by atoms with E-state index in [1.807, 2.05) is 0 Å². The van der Waals surface area contributed by atoms with E-state index in [9.17, 15) is 13.2 Å². The number of ether oxygens (including phenoxy) is 1. The molecule has 1 aromatic carbocycles. The maximum Gasteiger partial charge on any atom is 0.431 e. The zero-order valence-corrected chi connectivity index (χ0v) is 17.6. The Morgan fingerprint density at radius 2 is 1.72 bits per heavy atom. The Morgan fingerprint density at radius 1 is 1.00 bits per heavy atom. The molecule has 2 saturated heterocycles. The van der Waals surface area contributed by atoms with E-state index in [-0.39, 0.29) is 16.9 Å². The lowest BCUT2D eigenvalue weighted by molar-refractivity contribution is -0.140. The van der Waals surface area contributed by atoms with Crippen LogP contribution in [0.3, 0.4) is 0 Å². The molecule has 9 heteroatoms. The molecule has 3 N–H and O–H groups in total. The fourth-order valence-corrected chi connectivity index (χ4v) is 5.30. The minimum absolute atomic E-state index is 0.0294. The highest BCUT2D eigenvalue weighted by Gasteiger charge is 2.41. The molecule has 3 aliphatic rings. The van der Waals surface area contributed by atoms with E-state index in [4.69, 9.17) is 10.5 Å². The summed E-state index contributed by atoms with van der Waals surface area (Å²) in [6.45, 7) is 1.93. The standard InChI is InChI=1S/C16H21NO.C7H5F3N4/c1-2-4-13-9-14(6-5-12(13)3-1)17-15-7-8-16(17)11-18-10-15;8-7(9,10)4-1-3-5(11)12-2-13-6(3)14-4/h1-4,14-16H,5-11H2;1-2H,(H3,11,12,13,14)/t14-,15?,16?;/m0./s1. The Hall–Kier alpha value is -2.65. The Balaban J connectivity index is 0.000000140. The third-order valence-corrected chi connectivity index (χ3v) is 6.80. The van der Waals surface area contributed by atoms with Gasteiger partial charge in [0.1, 0.15) is 23.5 Å². The first kappa shape index (κ1) is 21.2. The number of alkyl halides is 3. The fraction of sp³-hybridized carbons (Fsp3) is 0.478. The molecule has 0 spiro atoms. The lowest BCUT2D eigenvalue weighted by Crippen LogP contribution is -2.52. The first-order chi connectivity index (χ1) is 15.4. The molecule has 2 bridgehead atoms. The number of rotatable bonds is 1. The van der Waals surface area contributed by atoms with Crippen molar-refractivity contribution in [3.8, 4) is 0 Å². The predicted octanol–water partition coefficient (Wildman–Crippen LogP) is 3.97. The molecule has 0 saturated carbocycles. The van der Waals surface area contributed by atoms with Crippen molar-refractivity contribution < 1.29 is 17.9 Å². The number of benzene rings is 1. The van der Waals surface area contributed by atoms with Crippen LogP contribution in [0.15, 0.2) is 36.7 Å². The van der Waals surface area contributed by atoms with E-state index in [1.165, 1.54) is 32.1 Å². The molecule has 2 unspecified atom stereocenters. The number of nitrogens with zero attached hydrogens (tertiary/aromatic N) is 3. The Bertz CT molecular complexity index is 1080. The summed E-state index contributed by atoms with van der Waals surface area (Å²) in [5.74, 6) is 0.0294. The van der Waals surface area contributed by atoms with E-state index in [0.29, 0.717) is 12.1 Å². The summed E-state index contributed by atoms with van der Waals surface area (Å²) in [4.78, 5) is 12.1. The average molecular weight is 445 g/mol. The second-order valence-electron chi connectivity index (χ2n) is 8.74. The maximum absolute atomic E-state index is 12.2. The Kier molecular flexibility index (Phi) is 5.54. The number of aromatic nitrogens is 3. The number of H-pyrrole nitrogens is 1. The molecule has 0 amide bonds. The number of nitrogens with two attached hydrogens (primary N) is 1. The second-order valence-corrected chi connectivity index (χ2v) is 8.74. The molecule has 3 atom stereocenters. The number of hydrogen-bond acceptors (Lipinski definition) is 5. The first-order valence-corrected chi connectivity index (χ1v) is 11.0. The molecule has 2 fully saturated rings. The van der Waals surface area contributed by atoms with E-state index >= 15 is 0 Å². The van der Waals surface area contributed by atoms with Crippen LogP contribution in [0.25, 0.3) is 11.0 Å². The summed E-state index contributed by atoms with van der Waals surface area (Å²) in [6, 6.07) is 12.1. The van der Waals surface area contributed by atoms with Gasteiger partial charge in [0.05, 0.1) is 18.6 Å². The molecule has 3 aromatic rings. The summed E-state index contributed by atoms with van der Waals surface area (Å²) in [5.41, 5.74) is 7.75. The summed E-state index contributed by atoms with van der Waals surface area (Å²) < 4.78 is 42.4. The quantitative estimate of drug-likeness (QED) is 0.593. The molecule has 0 radical (unpaired) electrons. The molecule has 4 heterocycles. The van der Waals surface area contributed by atoms with Crippen molar-refractivity contribution >= 4 is 16.9 Å². The number of aryl methyl sites for hydroxylation is 1. The minimum Gasteiger partial charge on any atom is -0.383 e. The highest BCUT2D eigenvalue weighted by Crippen LogP contribution is 2.35. The van der Waals surface area contributed by atoms with Crippen LogP contribution in [-0.4, -0.2) is 51.2 Å². The molecule has 32 heavy (non-hydrogen) atoms. The summed E-state index contributed by atoms with van der Waals surface area (Å²) >= 11 is 0. The van der Waals surface area contributed by atoms with Crippen molar-refractivity contribution in [3.05, 3.63) is 53.5 Å². The van der Waals surface area contributed by atoms with Crippen molar-refractivity contribution in [2.45, 2.75) is 56.4 Å². The van der Waals surface area contributed by atoms with Crippen LogP contribution in [0.2, 0.25) is 0 Å². The Morgan fingerprint density at radius 3 is 2.41 bits per heavy atom. The lowest BCUT2D eigenvalue weighted by Gasteiger charge is -2.42. The summed E-state index contributed by atoms with van der Waals surface area (Å²) in [7, 11) is 0. The normalized spacial score (nSPS) is 25.3. The Labute approximate surface area is 184 Å². The second kappa shape index (κ2) is 8.37. The third kappa shape index (κ3) is 4.06. The van der Waals surface area contributed by atoms with E-state index in [2.05, 4.69) is 44.1 Å². The molecule has 2 aromatic heterocycles. The molecule has 1 aliphatic carbocycles. The van der Waals surface area contributed by atoms with Gasteiger partial charge in [-0.2, -0.15) is 13.2 Å². The number of aromatic amines is 1. The maximum atomic E-state index is 12.2. The molecular formula is C23H26F3N5O. The van der Waals surface area contributed by atoms with Crippen molar-refractivity contribution in [2.75, 3.05) is 18.9 Å². The van der Waals surface area contributed by atoms with Gasteiger partial charge in [0.25, 0.3) is 0 Å². The van der Waals surface area contributed by atoms with Gasteiger partial charge in [0, 0.05) is 18.1 Å². The van der Waals surface area contributed by atoms with Gasteiger partial charge in [0.2, 0.25) is 0 Å². The molecule has 170 valence electrons. The van der Waals surface area contributed by atoms with Crippen LogP contribution in [0.4, 0.5) is 19.0 Å². The molecule has 2 aliphatic heterocycles. The minimum atomic E-state index is -4.42. The largest absolute Gasteiger partial charge is 0.431 e. The van der Waals surface area contributed by atoms with Crippen LogP contribution in [0, 0.1) is 0 Å². The van der Waals surface area contributed by atoms with Gasteiger partial charge >= 0.3 is 6.18 Å². The van der Waals surface area contributed by atoms with Crippen LogP contribution in [-0.2, 0) is 23.8 Å².